The van der Waals surface area contributed by atoms with Crippen LogP contribution in [0.15, 0.2) is 89.9 Å². The molecule has 1 aromatic heterocycles. The fourth-order valence-corrected chi connectivity index (χ4v) is 4.50. The number of benzene rings is 3. The number of piperazine rings is 1. The first-order valence-corrected chi connectivity index (χ1v) is 11.4. The fourth-order valence-electron chi connectivity index (χ4n) is 4.38. The minimum atomic E-state index is -0.155. The van der Waals surface area contributed by atoms with E-state index in [1.54, 1.807) is 36.5 Å². The van der Waals surface area contributed by atoms with Crippen LogP contribution < -0.4 is 5.56 Å². The van der Waals surface area contributed by atoms with Crippen molar-refractivity contribution in [1.29, 1.82) is 0 Å². The van der Waals surface area contributed by atoms with Gasteiger partial charge in [0.15, 0.2) is 0 Å². The Morgan fingerprint density at radius 2 is 1.42 bits per heavy atom. The first-order valence-electron chi connectivity index (χ1n) is 11.1. The standard InChI is InChI=1S/C27H24ClN3O2/c28-21-10-12-22(13-11-21)31-19-25(23-8-4-5-9-24(23)27(31)33)26(32)30-16-14-29(15-17-30)18-20-6-2-1-3-7-20/h1-13,19H,14-18H2. The summed E-state index contributed by atoms with van der Waals surface area (Å²) in [6, 6.07) is 24.8. The third-order valence-electron chi connectivity index (χ3n) is 6.17. The Morgan fingerprint density at radius 3 is 2.12 bits per heavy atom. The normalized spacial score (nSPS) is 14.5. The van der Waals surface area contributed by atoms with Crippen LogP contribution in [-0.4, -0.2) is 46.5 Å². The fraction of sp³-hybridized carbons (Fsp3) is 0.185. The summed E-state index contributed by atoms with van der Waals surface area (Å²) in [4.78, 5) is 31.0. The van der Waals surface area contributed by atoms with E-state index in [9.17, 15) is 9.59 Å². The highest BCUT2D eigenvalue weighted by molar-refractivity contribution is 6.30. The molecular weight excluding hydrogens is 434 g/mol. The number of amides is 1. The average Bonchev–Trinajstić information content (AvgIpc) is 2.86. The van der Waals surface area contributed by atoms with Crippen molar-refractivity contribution < 1.29 is 4.79 Å². The molecule has 1 aliphatic rings. The number of carbonyl (C=O) groups excluding carboxylic acids is 1. The van der Waals surface area contributed by atoms with Gasteiger partial charge in [-0.1, -0.05) is 60.1 Å². The monoisotopic (exact) mass is 457 g/mol. The molecule has 1 aliphatic heterocycles. The molecule has 1 saturated heterocycles. The van der Waals surface area contributed by atoms with Crippen LogP contribution >= 0.6 is 11.6 Å². The molecule has 0 aliphatic carbocycles. The molecule has 1 fully saturated rings. The third kappa shape index (κ3) is 4.42. The summed E-state index contributed by atoms with van der Waals surface area (Å²) >= 11 is 6.03. The average molecular weight is 458 g/mol. The Labute approximate surface area is 197 Å². The van der Waals surface area contributed by atoms with Crippen molar-refractivity contribution in [3.05, 3.63) is 112 Å². The Hall–Kier alpha value is -3.41. The highest BCUT2D eigenvalue weighted by Crippen LogP contribution is 2.21. The summed E-state index contributed by atoms with van der Waals surface area (Å²) in [6.45, 7) is 3.82. The predicted molar refractivity (Wildman–Crippen MR) is 132 cm³/mol. The number of pyridine rings is 1. The van der Waals surface area contributed by atoms with Crippen LogP contribution in [0.3, 0.4) is 0 Å². The summed E-state index contributed by atoms with van der Waals surface area (Å²) in [7, 11) is 0. The molecule has 0 N–H and O–H groups in total. The van der Waals surface area contributed by atoms with E-state index in [0.717, 1.165) is 19.6 Å². The van der Waals surface area contributed by atoms with Crippen molar-refractivity contribution in [3.63, 3.8) is 0 Å². The highest BCUT2D eigenvalue weighted by atomic mass is 35.5. The number of carbonyl (C=O) groups is 1. The second-order valence-corrected chi connectivity index (χ2v) is 8.73. The van der Waals surface area contributed by atoms with E-state index < -0.39 is 0 Å². The predicted octanol–water partition coefficient (Wildman–Crippen LogP) is 4.60. The second-order valence-electron chi connectivity index (χ2n) is 8.29. The lowest BCUT2D eigenvalue weighted by atomic mass is 10.1. The number of fused-ring (bicyclic) bond motifs is 1. The van der Waals surface area contributed by atoms with Crippen molar-refractivity contribution in [2.45, 2.75) is 6.54 Å². The summed E-state index contributed by atoms with van der Waals surface area (Å²) in [5.41, 5.74) is 2.34. The van der Waals surface area contributed by atoms with Gasteiger partial charge in [0.25, 0.3) is 11.5 Å². The van der Waals surface area contributed by atoms with Crippen molar-refractivity contribution in [2.24, 2.45) is 0 Å². The molecule has 0 unspecified atom stereocenters. The Bertz CT molecular complexity index is 1340. The van der Waals surface area contributed by atoms with Crippen molar-refractivity contribution in [1.82, 2.24) is 14.4 Å². The van der Waals surface area contributed by atoms with Gasteiger partial charge in [0.05, 0.1) is 5.56 Å². The van der Waals surface area contributed by atoms with Crippen LogP contribution in [0, 0.1) is 0 Å². The van der Waals surface area contributed by atoms with E-state index in [4.69, 9.17) is 11.6 Å². The molecule has 0 spiro atoms. The van der Waals surface area contributed by atoms with Gasteiger partial charge in [-0.15, -0.1) is 0 Å². The van der Waals surface area contributed by atoms with Gasteiger partial charge in [-0.3, -0.25) is 19.1 Å². The van der Waals surface area contributed by atoms with Crippen LogP contribution in [0.25, 0.3) is 16.5 Å². The number of rotatable bonds is 4. The summed E-state index contributed by atoms with van der Waals surface area (Å²) in [5.74, 6) is -0.0479. The topological polar surface area (TPSA) is 45.6 Å². The number of aromatic nitrogens is 1. The molecule has 4 aromatic rings. The van der Waals surface area contributed by atoms with Crippen LogP contribution in [-0.2, 0) is 6.54 Å². The largest absolute Gasteiger partial charge is 0.336 e. The van der Waals surface area contributed by atoms with Crippen LogP contribution in [0.2, 0.25) is 5.02 Å². The smallest absolute Gasteiger partial charge is 0.262 e. The molecule has 2 heterocycles. The van der Waals surface area contributed by atoms with Crippen molar-refractivity contribution in [3.8, 4) is 5.69 Å². The van der Waals surface area contributed by atoms with E-state index >= 15 is 0 Å². The zero-order chi connectivity index (χ0) is 22.8. The maximum absolute atomic E-state index is 13.6. The van der Waals surface area contributed by atoms with E-state index in [1.165, 1.54) is 10.1 Å². The SMILES string of the molecule is O=C(c1cn(-c2ccc(Cl)cc2)c(=O)c2ccccc12)N1CCN(Cc2ccccc2)CC1. The Balaban J connectivity index is 1.43. The molecule has 0 atom stereocenters. The van der Waals surface area contributed by atoms with Gasteiger partial charge in [0.1, 0.15) is 0 Å². The third-order valence-corrected chi connectivity index (χ3v) is 6.42. The lowest BCUT2D eigenvalue weighted by Crippen LogP contribution is -2.48. The molecule has 166 valence electrons. The van der Waals surface area contributed by atoms with E-state index in [1.807, 2.05) is 29.2 Å². The maximum atomic E-state index is 13.6. The molecule has 6 heteroatoms. The van der Waals surface area contributed by atoms with E-state index in [2.05, 4.69) is 29.2 Å². The zero-order valence-electron chi connectivity index (χ0n) is 18.2. The number of nitrogens with zero attached hydrogens (tertiary/aromatic N) is 3. The molecule has 0 saturated carbocycles. The van der Waals surface area contributed by atoms with Crippen LogP contribution in [0.4, 0.5) is 0 Å². The summed E-state index contributed by atoms with van der Waals surface area (Å²) < 4.78 is 1.54. The lowest BCUT2D eigenvalue weighted by molar-refractivity contribution is 0.0630. The molecule has 0 bridgehead atoms. The molecule has 5 nitrogen and oxygen atoms in total. The van der Waals surface area contributed by atoms with Crippen LogP contribution in [0.5, 0.6) is 0 Å². The minimum Gasteiger partial charge on any atom is -0.336 e. The number of hydrogen-bond donors (Lipinski definition) is 0. The minimum absolute atomic E-state index is 0.0479. The number of hydrogen-bond acceptors (Lipinski definition) is 3. The number of halogens is 1. The van der Waals surface area contributed by atoms with Gasteiger partial charge in [-0.2, -0.15) is 0 Å². The molecule has 5 rings (SSSR count). The quantitative estimate of drug-likeness (QED) is 0.450. The Kier molecular flexibility index (Phi) is 5.99. The van der Waals surface area contributed by atoms with Gasteiger partial charge in [0, 0.05) is 60.4 Å². The molecule has 33 heavy (non-hydrogen) atoms. The van der Waals surface area contributed by atoms with Gasteiger partial charge >= 0.3 is 0 Å². The first-order chi connectivity index (χ1) is 16.1. The van der Waals surface area contributed by atoms with Gasteiger partial charge in [0.2, 0.25) is 0 Å². The van der Waals surface area contributed by atoms with Gasteiger partial charge in [-0.25, -0.2) is 0 Å². The van der Waals surface area contributed by atoms with Crippen molar-refractivity contribution >= 4 is 28.3 Å². The molecule has 3 aromatic carbocycles. The van der Waals surface area contributed by atoms with Crippen LogP contribution in [0.1, 0.15) is 15.9 Å². The van der Waals surface area contributed by atoms with E-state index in [-0.39, 0.29) is 11.5 Å². The molecule has 1 amide bonds. The van der Waals surface area contributed by atoms with Crippen molar-refractivity contribution in [2.75, 3.05) is 26.2 Å². The van der Waals surface area contributed by atoms with E-state index in [0.29, 0.717) is 40.1 Å². The highest BCUT2D eigenvalue weighted by Gasteiger charge is 2.25. The lowest BCUT2D eigenvalue weighted by Gasteiger charge is -2.35. The summed E-state index contributed by atoms with van der Waals surface area (Å²) in [5, 5.41) is 1.81. The van der Waals surface area contributed by atoms with Gasteiger partial charge in [-0.05, 0) is 35.9 Å². The molecule has 0 radical (unpaired) electrons. The van der Waals surface area contributed by atoms with Gasteiger partial charge < -0.3 is 4.90 Å². The Morgan fingerprint density at radius 1 is 0.788 bits per heavy atom. The second kappa shape index (κ2) is 9.22. The first kappa shape index (κ1) is 21.4. The molecular formula is C27H24ClN3O2. The maximum Gasteiger partial charge on any atom is 0.262 e. The summed E-state index contributed by atoms with van der Waals surface area (Å²) in [6.07, 6.45) is 1.67. The zero-order valence-corrected chi connectivity index (χ0v) is 18.9.